The lowest BCUT2D eigenvalue weighted by atomic mass is 10.1. The van der Waals surface area contributed by atoms with Crippen LogP contribution >= 0.6 is 23.2 Å². The minimum atomic E-state index is -0.382. The molecule has 3 rings (SSSR count). The first-order valence-electron chi connectivity index (χ1n) is 7.61. The maximum Gasteiger partial charge on any atom is 0.227 e. The lowest BCUT2D eigenvalue weighted by molar-refractivity contribution is -0.126. The number of anilines is 1. The fourth-order valence-electron chi connectivity index (χ4n) is 2.77. The van der Waals surface area contributed by atoms with E-state index in [-0.39, 0.29) is 24.2 Å². The van der Waals surface area contributed by atoms with Gasteiger partial charge in [0, 0.05) is 24.5 Å². The highest BCUT2D eigenvalue weighted by atomic mass is 35.5. The van der Waals surface area contributed by atoms with Crippen LogP contribution in [0.25, 0.3) is 0 Å². The normalized spacial score (nSPS) is 17.2. The summed E-state index contributed by atoms with van der Waals surface area (Å²) in [5.41, 5.74) is 1.57. The standard InChI is InChI=1S/C18H16Cl2N2O2/c19-14-5-3-4-12(8-14)10-21-18(24)13-9-17(23)22(11-13)16-7-2-1-6-15(16)20/h1-8,13H,9-11H2,(H,21,24)/t13-/m1/s1. The number of carbonyl (C=O) groups is 2. The molecule has 0 saturated carbocycles. The second-order valence-electron chi connectivity index (χ2n) is 5.70. The number of hydrogen-bond acceptors (Lipinski definition) is 2. The minimum Gasteiger partial charge on any atom is -0.352 e. The summed E-state index contributed by atoms with van der Waals surface area (Å²) in [5, 5.41) is 4.00. The molecule has 24 heavy (non-hydrogen) atoms. The Morgan fingerprint density at radius 1 is 1.17 bits per heavy atom. The van der Waals surface area contributed by atoms with E-state index in [2.05, 4.69) is 5.32 Å². The molecule has 1 aliphatic heterocycles. The first kappa shape index (κ1) is 16.8. The summed E-state index contributed by atoms with van der Waals surface area (Å²) >= 11 is 12.1. The van der Waals surface area contributed by atoms with Gasteiger partial charge in [-0.05, 0) is 29.8 Å². The predicted molar refractivity (Wildman–Crippen MR) is 95.2 cm³/mol. The van der Waals surface area contributed by atoms with Crippen LogP contribution in [0.1, 0.15) is 12.0 Å². The van der Waals surface area contributed by atoms with Gasteiger partial charge in [-0.3, -0.25) is 9.59 Å². The van der Waals surface area contributed by atoms with Crippen LogP contribution in [0.15, 0.2) is 48.5 Å². The van der Waals surface area contributed by atoms with Gasteiger partial charge in [-0.15, -0.1) is 0 Å². The molecule has 2 aromatic carbocycles. The highest BCUT2D eigenvalue weighted by Crippen LogP contribution is 2.31. The third-order valence-electron chi connectivity index (χ3n) is 3.99. The monoisotopic (exact) mass is 362 g/mol. The zero-order chi connectivity index (χ0) is 17.1. The number of amides is 2. The van der Waals surface area contributed by atoms with Gasteiger partial charge in [-0.2, -0.15) is 0 Å². The van der Waals surface area contributed by atoms with Crippen LogP contribution in [0.2, 0.25) is 10.0 Å². The van der Waals surface area contributed by atoms with Crippen molar-refractivity contribution in [3.8, 4) is 0 Å². The molecule has 1 saturated heterocycles. The van der Waals surface area contributed by atoms with E-state index in [1.807, 2.05) is 24.3 Å². The Labute approximate surface area is 150 Å². The van der Waals surface area contributed by atoms with Crippen molar-refractivity contribution in [2.24, 2.45) is 5.92 Å². The molecule has 1 aliphatic rings. The Hall–Kier alpha value is -2.04. The van der Waals surface area contributed by atoms with Crippen molar-refractivity contribution in [3.05, 3.63) is 64.1 Å². The molecular weight excluding hydrogens is 347 g/mol. The van der Waals surface area contributed by atoms with Gasteiger partial charge >= 0.3 is 0 Å². The number of benzene rings is 2. The van der Waals surface area contributed by atoms with E-state index in [0.717, 1.165) is 5.56 Å². The van der Waals surface area contributed by atoms with E-state index < -0.39 is 0 Å². The number of carbonyl (C=O) groups excluding carboxylic acids is 2. The lowest BCUT2D eigenvalue weighted by Gasteiger charge is -2.18. The summed E-state index contributed by atoms with van der Waals surface area (Å²) in [6.07, 6.45) is 0.187. The zero-order valence-corrected chi connectivity index (χ0v) is 14.3. The highest BCUT2D eigenvalue weighted by Gasteiger charge is 2.35. The van der Waals surface area contributed by atoms with E-state index in [1.165, 1.54) is 0 Å². The summed E-state index contributed by atoms with van der Waals surface area (Å²) in [5.74, 6) is -0.614. The van der Waals surface area contributed by atoms with Crippen molar-refractivity contribution in [3.63, 3.8) is 0 Å². The third-order valence-corrected chi connectivity index (χ3v) is 4.55. The number of rotatable bonds is 4. The van der Waals surface area contributed by atoms with E-state index >= 15 is 0 Å². The summed E-state index contributed by atoms with van der Waals surface area (Å²) in [4.78, 5) is 26.2. The average molecular weight is 363 g/mol. The van der Waals surface area contributed by atoms with Crippen molar-refractivity contribution in [2.45, 2.75) is 13.0 Å². The Morgan fingerprint density at radius 3 is 2.71 bits per heavy atom. The quantitative estimate of drug-likeness (QED) is 0.901. The topological polar surface area (TPSA) is 49.4 Å². The number of nitrogens with zero attached hydrogens (tertiary/aromatic N) is 1. The number of hydrogen-bond donors (Lipinski definition) is 1. The Bertz CT molecular complexity index is 779. The van der Waals surface area contributed by atoms with Crippen LogP contribution in [0.5, 0.6) is 0 Å². The molecule has 4 nitrogen and oxygen atoms in total. The van der Waals surface area contributed by atoms with E-state index in [4.69, 9.17) is 23.2 Å². The Balaban J connectivity index is 1.63. The summed E-state index contributed by atoms with van der Waals surface area (Å²) in [6, 6.07) is 14.5. The molecule has 2 amide bonds. The molecule has 0 radical (unpaired) electrons. The van der Waals surface area contributed by atoms with Gasteiger partial charge in [-0.1, -0.05) is 47.5 Å². The fourth-order valence-corrected chi connectivity index (χ4v) is 3.22. The largest absolute Gasteiger partial charge is 0.352 e. The molecule has 0 bridgehead atoms. The van der Waals surface area contributed by atoms with Crippen molar-refractivity contribution < 1.29 is 9.59 Å². The van der Waals surface area contributed by atoms with Crippen LogP contribution in [-0.2, 0) is 16.1 Å². The van der Waals surface area contributed by atoms with Crippen molar-refractivity contribution >= 4 is 40.7 Å². The highest BCUT2D eigenvalue weighted by molar-refractivity contribution is 6.34. The van der Waals surface area contributed by atoms with Gasteiger partial charge in [0.05, 0.1) is 16.6 Å². The van der Waals surface area contributed by atoms with Crippen LogP contribution in [0.3, 0.4) is 0 Å². The first-order valence-corrected chi connectivity index (χ1v) is 8.37. The molecule has 2 aromatic rings. The molecule has 0 aliphatic carbocycles. The third kappa shape index (κ3) is 3.71. The second-order valence-corrected chi connectivity index (χ2v) is 6.55. The summed E-state index contributed by atoms with van der Waals surface area (Å²) in [7, 11) is 0. The van der Waals surface area contributed by atoms with E-state index in [0.29, 0.717) is 28.8 Å². The lowest BCUT2D eigenvalue weighted by Crippen LogP contribution is -2.32. The van der Waals surface area contributed by atoms with Gasteiger partial charge in [0.15, 0.2) is 0 Å². The Kier molecular flexibility index (Phi) is 5.07. The van der Waals surface area contributed by atoms with Crippen LogP contribution in [0.4, 0.5) is 5.69 Å². The smallest absolute Gasteiger partial charge is 0.227 e. The first-order chi connectivity index (χ1) is 11.5. The molecule has 124 valence electrons. The van der Waals surface area contributed by atoms with Crippen LogP contribution in [0, 0.1) is 5.92 Å². The van der Waals surface area contributed by atoms with Gasteiger partial charge in [0.2, 0.25) is 11.8 Å². The number of halogens is 2. The molecule has 1 N–H and O–H groups in total. The maximum atomic E-state index is 12.4. The molecule has 0 aromatic heterocycles. The second kappa shape index (κ2) is 7.24. The van der Waals surface area contributed by atoms with Crippen molar-refractivity contribution in [1.82, 2.24) is 5.32 Å². The van der Waals surface area contributed by atoms with Crippen LogP contribution < -0.4 is 10.2 Å². The molecule has 1 heterocycles. The molecule has 1 fully saturated rings. The maximum absolute atomic E-state index is 12.4. The zero-order valence-electron chi connectivity index (χ0n) is 12.8. The molecule has 1 atom stereocenters. The minimum absolute atomic E-state index is 0.0917. The van der Waals surface area contributed by atoms with E-state index in [1.54, 1.807) is 29.2 Å². The van der Waals surface area contributed by atoms with Gasteiger partial charge < -0.3 is 10.2 Å². The summed E-state index contributed by atoms with van der Waals surface area (Å²) in [6.45, 7) is 0.722. The van der Waals surface area contributed by atoms with Gasteiger partial charge in [0.1, 0.15) is 0 Å². The number of para-hydroxylation sites is 1. The molecular formula is C18H16Cl2N2O2. The van der Waals surface area contributed by atoms with Crippen LogP contribution in [-0.4, -0.2) is 18.4 Å². The van der Waals surface area contributed by atoms with Crippen molar-refractivity contribution in [2.75, 3.05) is 11.4 Å². The molecule has 0 spiro atoms. The van der Waals surface area contributed by atoms with E-state index in [9.17, 15) is 9.59 Å². The SMILES string of the molecule is O=C(NCc1cccc(Cl)c1)[C@@H]1CC(=O)N(c2ccccc2Cl)C1. The van der Waals surface area contributed by atoms with Crippen molar-refractivity contribution in [1.29, 1.82) is 0 Å². The molecule has 6 heteroatoms. The van der Waals surface area contributed by atoms with Gasteiger partial charge in [0.25, 0.3) is 0 Å². The predicted octanol–water partition coefficient (Wildman–Crippen LogP) is 3.66. The summed E-state index contributed by atoms with van der Waals surface area (Å²) < 4.78 is 0. The number of nitrogens with one attached hydrogen (secondary N) is 1. The average Bonchev–Trinajstić information content (AvgIpc) is 2.95. The molecule has 0 unspecified atom stereocenters. The Morgan fingerprint density at radius 2 is 1.96 bits per heavy atom. The fraction of sp³-hybridized carbons (Fsp3) is 0.222. The van der Waals surface area contributed by atoms with Gasteiger partial charge in [-0.25, -0.2) is 0 Å².